The molecule has 4 nitrogen and oxygen atoms in total. The van der Waals surface area contributed by atoms with E-state index in [4.69, 9.17) is 0 Å². The fourth-order valence-corrected chi connectivity index (χ4v) is 3.07. The predicted octanol–water partition coefficient (Wildman–Crippen LogP) is 1.85. The van der Waals surface area contributed by atoms with Crippen molar-refractivity contribution in [2.75, 3.05) is 6.54 Å². The van der Waals surface area contributed by atoms with Crippen LogP contribution in [0.3, 0.4) is 0 Å². The van der Waals surface area contributed by atoms with Gasteiger partial charge in [0.25, 0.3) is 0 Å². The largest absolute Gasteiger partial charge is 0.391 e. The van der Waals surface area contributed by atoms with Gasteiger partial charge in [0.15, 0.2) is 0 Å². The Bertz CT molecular complexity index is 736. The second-order valence-corrected chi connectivity index (χ2v) is 6.51. The lowest BCUT2D eigenvalue weighted by Gasteiger charge is -2.13. The highest BCUT2D eigenvalue weighted by molar-refractivity contribution is 7.89. The number of hydrogen-bond acceptors (Lipinski definition) is 3. The maximum absolute atomic E-state index is 13.5. The summed E-state index contributed by atoms with van der Waals surface area (Å²) >= 11 is 0. The van der Waals surface area contributed by atoms with E-state index < -0.39 is 32.7 Å². The number of halogens is 2. The molecule has 0 aliphatic carbocycles. The van der Waals surface area contributed by atoms with E-state index >= 15 is 0 Å². The highest BCUT2D eigenvalue weighted by Crippen LogP contribution is 2.15. The van der Waals surface area contributed by atoms with Crippen molar-refractivity contribution in [1.82, 2.24) is 4.72 Å². The average molecular weight is 327 g/mol. The smallest absolute Gasteiger partial charge is 0.243 e. The van der Waals surface area contributed by atoms with Crippen LogP contribution in [0.2, 0.25) is 0 Å². The summed E-state index contributed by atoms with van der Waals surface area (Å²) in [5.74, 6) is -2.04. The van der Waals surface area contributed by atoms with Crippen LogP contribution in [0, 0.1) is 11.6 Å². The van der Waals surface area contributed by atoms with Crippen molar-refractivity contribution in [3.8, 4) is 0 Å². The Balaban J connectivity index is 2.00. The van der Waals surface area contributed by atoms with Gasteiger partial charge in [-0.3, -0.25) is 0 Å². The second-order valence-electron chi connectivity index (χ2n) is 4.77. The summed E-state index contributed by atoms with van der Waals surface area (Å²) in [5, 5.41) is 9.85. The van der Waals surface area contributed by atoms with Gasteiger partial charge in [-0.15, -0.1) is 0 Å². The van der Waals surface area contributed by atoms with Crippen LogP contribution < -0.4 is 4.72 Å². The Labute approximate surface area is 127 Å². The van der Waals surface area contributed by atoms with Crippen LogP contribution in [0.4, 0.5) is 8.78 Å². The Morgan fingerprint density at radius 3 is 2.41 bits per heavy atom. The number of hydrogen-bond donors (Lipinski definition) is 2. The van der Waals surface area contributed by atoms with E-state index in [0.29, 0.717) is 6.07 Å². The van der Waals surface area contributed by atoms with Crippen LogP contribution in [0.25, 0.3) is 0 Å². The molecule has 7 heteroatoms. The van der Waals surface area contributed by atoms with Gasteiger partial charge >= 0.3 is 0 Å². The molecule has 0 aliphatic rings. The zero-order chi connectivity index (χ0) is 16.2. The van der Waals surface area contributed by atoms with Crippen molar-refractivity contribution in [1.29, 1.82) is 0 Å². The van der Waals surface area contributed by atoms with Gasteiger partial charge < -0.3 is 5.11 Å². The van der Waals surface area contributed by atoms with Gasteiger partial charge in [0.05, 0.1) is 6.10 Å². The normalized spacial score (nSPS) is 13.0. The molecule has 2 aromatic rings. The molecule has 0 heterocycles. The molecule has 0 bridgehead atoms. The molecule has 0 unspecified atom stereocenters. The van der Waals surface area contributed by atoms with Gasteiger partial charge in [-0.1, -0.05) is 30.3 Å². The standard InChI is InChI=1S/C15H15F2NO3S/c16-12-6-7-15(14(17)9-12)22(20,21)18-10-13(19)8-11-4-2-1-3-5-11/h1-7,9,13,18-19H,8,10H2/t13-/m1/s1. The zero-order valence-electron chi connectivity index (χ0n) is 11.5. The first-order valence-electron chi connectivity index (χ1n) is 6.55. The molecule has 118 valence electrons. The molecule has 0 spiro atoms. The summed E-state index contributed by atoms with van der Waals surface area (Å²) in [6.07, 6.45) is -0.699. The number of aliphatic hydroxyl groups excluding tert-OH is 1. The third kappa shape index (κ3) is 4.33. The van der Waals surface area contributed by atoms with Gasteiger partial charge in [0, 0.05) is 12.6 Å². The Hall–Kier alpha value is -1.83. The average Bonchev–Trinajstić information content (AvgIpc) is 2.46. The molecule has 2 rings (SSSR count). The highest BCUT2D eigenvalue weighted by atomic mass is 32.2. The summed E-state index contributed by atoms with van der Waals surface area (Å²) in [6.45, 7) is -0.270. The number of nitrogens with one attached hydrogen (secondary N) is 1. The molecule has 2 aromatic carbocycles. The molecule has 2 N–H and O–H groups in total. The van der Waals surface area contributed by atoms with E-state index in [1.165, 1.54) is 0 Å². The Morgan fingerprint density at radius 1 is 1.09 bits per heavy atom. The summed E-state index contributed by atoms with van der Waals surface area (Å²) in [6, 6.07) is 11.2. The monoisotopic (exact) mass is 327 g/mol. The number of benzene rings is 2. The van der Waals surface area contributed by atoms with E-state index in [2.05, 4.69) is 4.72 Å². The van der Waals surface area contributed by atoms with Crippen molar-refractivity contribution in [2.24, 2.45) is 0 Å². The maximum Gasteiger partial charge on any atom is 0.243 e. The minimum absolute atomic E-state index is 0.259. The topological polar surface area (TPSA) is 66.4 Å². The summed E-state index contributed by atoms with van der Waals surface area (Å²) in [5.41, 5.74) is 0.849. The van der Waals surface area contributed by atoms with Gasteiger partial charge in [-0.2, -0.15) is 0 Å². The summed E-state index contributed by atoms with van der Waals surface area (Å²) < 4.78 is 52.3. The lowest BCUT2D eigenvalue weighted by atomic mass is 10.1. The minimum Gasteiger partial charge on any atom is -0.391 e. The molecular formula is C15H15F2NO3S. The highest BCUT2D eigenvalue weighted by Gasteiger charge is 2.20. The minimum atomic E-state index is -4.15. The quantitative estimate of drug-likeness (QED) is 0.851. The van der Waals surface area contributed by atoms with Crippen molar-refractivity contribution >= 4 is 10.0 Å². The zero-order valence-corrected chi connectivity index (χ0v) is 12.4. The van der Waals surface area contributed by atoms with Gasteiger partial charge in [-0.05, 0) is 24.1 Å². The molecule has 0 aromatic heterocycles. The number of aliphatic hydroxyl groups is 1. The third-order valence-electron chi connectivity index (χ3n) is 3.01. The van der Waals surface area contributed by atoms with Crippen LogP contribution in [0.5, 0.6) is 0 Å². The van der Waals surface area contributed by atoms with Crippen molar-refractivity contribution in [3.63, 3.8) is 0 Å². The van der Waals surface area contributed by atoms with Crippen LogP contribution in [0.1, 0.15) is 5.56 Å². The first-order chi connectivity index (χ1) is 10.4. The molecule has 0 saturated carbocycles. The molecule has 0 amide bonds. The molecule has 0 fully saturated rings. The molecule has 22 heavy (non-hydrogen) atoms. The van der Waals surface area contributed by atoms with Crippen molar-refractivity contribution in [3.05, 3.63) is 65.7 Å². The lowest BCUT2D eigenvalue weighted by Crippen LogP contribution is -2.33. The van der Waals surface area contributed by atoms with Crippen molar-refractivity contribution < 1.29 is 22.3 Å². The molecule has 0 radical (unpaired) electrons. The van der Waals surface area contributed by atoms with Crippen LogP contribution in [-0.2, 0) is 16.4 Å². The molecule has 0 aliphatic heterocycles. The van der Waals surface area contributed by atoms with Crippen LogP contribution >= 0.6 is 0 Å². The lowest BCUT2D eigenvalue weighted by molar-refractivity contribution is 0.179. The van der Waals surface area contributed by atoms with Gasteiger partial charge in [-0.25, -0.2) is 21.9 Å². The van der Waals surface area contributed by atoms with Crippen molar-refractivity contribution in [2.45, 2.75) is 17.4 Å². The van der Waals surface area contributed by atoms with E-state index in [1.807, 2.05) is 6.07 Å². The first kappa shape index (κ1) is 16.5. The van der Waals surface area contributed by atoms with Crippen LogP contribution in [0.15, 0.2) is 53.4 Å². The fourth-order valence-electron chi connectivity index (χ4n) is 1.94. The van der Waals surface area contributed by atoms with E-state index in [1.54, 1.807) is 24.3 Å². The van der Waals surface area contributed by atoms with E-state index in [0.717, 1.165) is 17.7 Å². The Kier molecular flexibility index (Phi) is 5.23. The summed E-state index contributed by atoms with van der Waals surface area (Å²) in [4.78, 5) is -0.652. The van der Waals surface area contributed by atoms with Gasteiger partial charge in [0.1, 0.15) is 16.5 Å². The Morgan fingerprint density at radius 2 is 1.77 bits per heavy atom. The molecule has 1 atom stereocenters. The van der Waals surface area contributed by atoms with Gasteiger partial charge in [0.2, 0.25) is 10.0 Å². The number of sulfonamides is 1. The predicted molar refractivity (Wildman–Crippen MR) is 77.7 cm³/mol. The number of rotatable bonds is 6. The molecule has 0 saturated heterocycles. The van der Waals surface area contributed by atoms with E-state index in [9.17, 15) is 22.3 Å². The maximum atomic E-state index is 13.5. The molecular weight excluding hydrogens is 312 g/mol. The third-order valence-corrected chi connectivity index (χ3v) is 4.46. The second kappa shape index (κ2) is 6.95. The SMILES string of the molecule is O=S(=O)(NC[C@H](O)Cc1ccccc1)c1ccc(F)cc1F. The van der Waals surface area contributed by atoms with E-state index in [-0.39, 0.29) is 13.0 Å². The first-order valence-corrected chi connectivity index (χ1v) is 8.03. The fraction of sp³-hybridized carbons (Fsp3) is 0.200. The van der Waals surface area contributed by atoms with Crippen LogP contribution in [-0.4, -0.2) is 26.2 Å². The summed E-state index contributed by atoms with van der Waals surface area (Å²) in [7, 11) is -4.15.